The Bertz CT molecular complexity index is 1090. The van der Waals surface area contributed by atoms with Crippen molar-refractivity contribution in [1.82, 2.24) is 15.3 Å². The monoisotopic (exact) mass is 422 g/mol. The summed E-state index contributed by atoms with van der Waals surface area (Å²) in [4.78, 5) is 32.6. The lowest BCUT2D eigenvalue weighted by Gasteiger charge is -2.23. The number of benzene rings is 1. The van der Waals surface area contributed by atoms with E-state index in [9.17, 15) is 22.8 Å². The molecule has 1 unspecified atom stereocenters. The first-order chi connectivity index (χ1) is 13.8. The van der Waals surface area contributed by atoms with Gasteiger partial charge in [-0.05, 0) is 18.4 Å². The topological polar surface area (TPSA) is 78.1 Å². The van der Waals surface area contributed by atoms with Crippen molar-refractivity contribution in [3.63, 3.8) is 0 Å². The molecule has 29 heavy (non-hydrogen) atoms. The van der Waals surface area contributed by atoms with Crippen LogP contribution in [0.15, 0.2) is 41.3 Å². The first-order valence-electron chi connectivity index (χ1n) is 9.02. The minimum atomic E-state index is -4.61. The van der Waals surface area contributed by atoms with Crippen molar-refractivity contribution in [2.24, 2.45) is 0 Å². The number of amides is 1. The molecule has 1 fully saturated rings. The fourth-order valence-corrected chi connectivity index (χ4v) is 4.60. The van der Waals surface area contributed by atoms with Crippen LogP contribution in [-0.4, -0.2) is 28.5 Å². The van der Waals surface area contributed by atoms with Gasteiger partial charge >= 0.3 is 6.18 Å². The number of nitrogens with zero attached hydrogens (tertiary/aromatic N) is 2. The summed E-state index contributed by atoms with van der Waals surface area (Å²) in [5.41, 5.74) is -0.915. The number of rotatable bonds is 4. The van der Waals surface area contributed by atoms with Crippen LogP contribution >= 0.6 is 11.3 Å². The zero-order valence-corrected chi connectivity index (χ0v) is 15.9. The standard InChI is InChI=1S/C19H17F3N4O2S/c20-19(21,22)12-10-24-17(28)14-15(12)29-18(25-14)26-8-4-7-13(26)16(27)23-9-11-5-2-1-3-6-11/h1-3,5-6,10,13H,4,7-9H2,(H,23,27)(H,24,28). The first kappa shape index (κ1) is 19.4. The predicted molar refractivity (Wildman–Crippen MR) is 104 cm³/mol. The number of H-pyrrole nitrogens is 1. The molecule has 1 atom stereocenters. The number of hydrogen-bond donors (Lipinski definition) is 2. The lowest BCUT2D eigenvalue weighted by atomic mass is 10.2. The Kier molecular flexibility index (Phi) is 5.03. The van der Waals surface area contributed by atoms with Crippen molar-refractivity contribution in [2.75, 3.05) is 11.4 Å². The summed E-state index contributed by atoms with van der Waals surface area (Å²) in [6.07, 6.45) is -2.66. The van der Waals surface area contributed by atoms with Gasteiger partial charge in [0.25, 0.3) is 5.56 Å². The van der Waals surface area contributed by atoms with E-state index in [0.717, 1.165) is 16.9 Å². The second kappa shape index (κ2) is 7.51. The molecule has 0 aliphatic carbocycles. The van der Waals surface area contributed by atoms with E-state index in [1.807, 2.05) is 30.3 Å². The minimum absolute atomic E-state index is 0.212. The zero-order chi connectivity index (χ0) is 20.6. The number of aromatic amines is 1. The molecule has 3 heterocycles. The van der Waals surface area contributed by atoms with Gasteiger partial charge in [-0.3, -0.25) is 9.59 Å². The Labute approximate surface area is 167 Å². The molecule has 2 aromatic heterocycles. The van der Waals surface area contributed by atoms with Gasteiger partial charge in [-0.15, -0.1) is 0 Å². The number of aromatic nitrogens is 2. The number of fused-ring (bicyclic) bond motifs is 1. The highest BCUT2D eigenvalue weighted by Crippen LogP contribution is 2.39. The number of anilines is 1. The summed E-state index contributed by atoms with van der Waals surface area (Å²) in [7, 11) is 0. The van der Waals surface area contributed by atoms with Crippen molar-refractivity contribution < 1.29 is 18.0 Å². The molecular weight excluding hydrogens is 405 g/mol. The third-order valence-corrected chi connectivity index (χ3v) is 5.97. The Hall–Kier alpha value is -2.88. The van der Waals surface area contributed by atoms with Gasteiger partial charge in [0.15, 0.2) is 5.13 Å². The maximum Gasteiger partial charge on any atom is 0.419 e. The smallest absolute Gasteiger partial charge is 0.350 e. The summed E-state index contributed by atoms with van der Waals surface area (Å²) in [5.74, 6) is -0.212. The highest BCUT2D eigenvalue weighted by atomic mass is 32.1. The summed E-state index contributed by atoms with van der Waals surface area (Å²) in [6.45, 7) is 0.851. The Morgan fingerprint density at radius 1 is 1.31 bits per heavy atom. The van der Waals surface area contributed by atoms with Crippen LogP contribution in [0.4, 0.5) is 18.3 Å². The van der Waals surface area contributed by atoms with Gasteiger partial charge in [-0.25, -0.2) is 4.98 Å². The van der Waals surface area contributed by atoms with Gasteiger partial charge in [0.2, 0.25) is 5.91 Å². The molecule has 0 spiro atoms. The molecule has 0 radical (unpaired) electrons. The molecular formula is C19H17F3N4O2S. The fourth-order valence-electron chi connectivity index (χ4n) is 3.42. The van der Waals surface area contributed by atoms with Gasteiger partial charge in [0, 0.05) is 19.3 Å². The molecule has 4 rings (SSSR count). The molecule has 3 aromatic rings. The highest BCUT2D eigenvalue weighted by molar-refractivity contribution is 7.22. The number of nitrogens with one attached hydrogen (secondary N) is 2. The van der Waals surface area contributed by atoms with E-state index in [4.69, 9.17) is 0 Å². The molecule has 6 nitrogen and oxygen atoms in total. The summed E-state index contributed by atoms with van der Waals surface area (Å²) >= 11 is 0.793. The largest absolute Gasteiger partial charge is 0.419 e. The van der Waals surface area contributed by atoms with E-state index >= 15 is 0 Å². The van der Waals surface area contributed by atoms with E-state index in [1.54, 1.807) is 4.90 Å². The van der Waals surface area contributed by atoms with Crippen LogP contribution in [-0.2, 0) is 17.5 Å². The normalized spacial score (nSPS) is 17.1. The predicted octanol–water partition coefficient (Wildman–Crippen LogP) is 3.29. The maximum absolute atomic E-state index is 13.3. The number of carbonyl (C=O) groups excluding carboxylic acids is 1. The molecule has 152 valence electrons. The maximum atomic E-state index is 13.3. The van der Waals surface area contributed by atoms with E-state index in [0.29, 0.717) is 32.1 Å². The summed E-state index contributed by atoms with van der Waals surface area (Å²) < 4.78 is 39.6. The van der Waals surface area contributed by atoms with Crippen LogP contribution < -0.4 is 15.8 Å². The Morgan fingerprint density at radius 3 is 2.79 bits per heavy atom. The zero-order valence-electron chi connectivity index (χ0n) is 15.1. The third kappa shape index (κ3) is 3.84. The Balaban J connectivity index is 1.60. The molecule has 1 aliphatic heterocycles. The van der Waals surface area contributed by atoms with Crippen LogP contribution in [0.5, 0.6) is 0 Å². The second-order valence-corrected chi connectivity index (χ2v) is 7.74. The van der Waals surface area contributed by atoms with Gasteiger partial charge in [-0.1, -0.05) is 41.7 Å². The van der Waals surface area contributed by atoms with Crippen LogP contribution in [0.1, 0.15) is 24.0 Å². The van der Waals surface area contributed by atoms with Gasteiger partial charge < -0.3 is 15.2 Å². The average molecular weight is 422 g/mol. The lowest BCUT2D eigenvalue weighted by molar-refractivity contribution is -0.136. The first-order valence-corrected chi connectivity index (χ1v) is 9.84. The van der Waals surface area contributed by atoms with E-state index in [1.165, 1.54) is 0 Å². The molecule has 2 N–H and O–H groups in total. The molecule has 0 saturated carbocycles. The highest BCUT2D eigenvalue weighted by Gasteiger charge is 2.37. The summed E-state index contributed by atoms with van der Waals surface area (Å²) in [6, 6.07) is 8.89. The van der Waals surface area contributed by atoms with Gasteiger partial charge in [-0.2, -0.15) is 13.2 Å². The van der Waals surface area contributed by atoms with E-state index < -0.39 is 23.3 Å². The van der Waals surface area contributed by atoms with Crippen LogP contribution in [0.25, 0.3) is 10.2 Å². The fraction of sp³-hybridized carbons (Fsp3) is 0.316. The molecule has 1 amide bonds. The van der Waals surface area contributed by atoms with Gasteiger partial charge in [0.1, 0.15) is 11.6 Å². The number of carbonyl (C=O) groups is 1. The van der Waals surface area contributed by atoms with E-state index in [-0.39, 0.29) is 21.3 Å². The number of halogens is 3. The minimum Gasteiger partial charge on any atom is -0.350 e. The number of pyridine rings is 1. The lowest BCUT2D eigenvalue weighted by Crippen LogP contribution is -2.43. The van der Waals surface area contributed by atoms with Crippen molar-refractivity contribution in [3.05, 3.63) is 58.0 Å². The van der Waals surface area contributed by atoms with Crippen molar-refractivity contribution in [3.8, 4) is 0 Å². The Morgan fingerprint density at radius 2 is 2.07 bits per heavy atom. The summed E-state index contributed by atoms with van der Waals surface area (Å²) in [5, 5.41) is 3.12. The van der Waals surface area contributed by atoms with Crippen molar-refractivity contribution in [1.29, 1.82) is 0 Å². The molecule has 10 heteroatoms. The molecule has 1 saturated heterocycles. The van der Waals surface area contributed by atoms with Crippen molar-refractivity contribution in [2.45, 2.75) is 31.6 Å². The van der Waals surface area contributed by atoms with Crippen LogP contribution in [0.3, 0.4) is 0 Å². The van der Waals surface area contributed by atoms with Crippen molar-refractivity contribution >= 4 is 32.6 Å². The van der Waals surface area contributed by atoms with E-state index in [2.05, 4.69) is 15.3 Å². The number of hydrogen-bond acceptors (Lipinski definition) is 5. The van der Waals surface area contributed by atoms with Crippen LogP contribution in [0.2, 0.25) is 0 Å². The number of alkyl halides is 3. The molecule has 1 aliphatic rings. The number of thiazole rings is 1. The second-order valence-electron chi connectivity index (χ2n) is 6.76. The SMILES string of the molecule is O=C(NCc1ccccc1)C1CCCN1c1nc2c(=O)[nH]cc(C(F)(F)F)c2s1. The third-order valence-electron chi connectivity index (χ3n) is 4.84. The van der Waals surface area contributed by atoms with Crippen LogP contribution in [0, 0.1) is 0 Å². The molecule has 0 bridgehead atoms. The quantitative estimate of drug-likeness (QED) is 0.677. The molecule has 1 aromatic carbocycles. The average Bonchev–Trinajstić information content (AvgIpc) is 3.33. The van der Waals surface area contributed by atoms with Gasteiger partial charge in [0.05, 0.1) is 10.3 Å².